The summed E-state index contributed by atoms with van der Waals surface area (Å²) in [4.78, 5) is 57.6. The lowest BCUT2D eigenvalue weighted by Crippen LogP contribution is -2.55. The number of hydrogen-bond acceptors (Lipinski definition) is 6. The number of carbonyl (C=O) groups excluding carboxylic acids is 4. The Labute approximate surface area is 301 Å². The van der Waals surface area contributed by atoms with E-state index in [0.29, 0.717) is 18.4 Å². The number of unbranched alkanes of at least 4 members (excludes halogenated alkanes) is 4. The molecule has 2 rings (SSSR count). The predicted molar refractivity (Wildman–Crippen MR) is 200 cm³/mol. The Morgan fingerprint density at radius 2 is 1.32 bits per heavy atom. The summed E-state index contributed by atoms with van der Waals surface area (Å²) >= 11 is 0. The van der Waals surface area contributed by atoms with E-state index in [9.17, 15) is 19.2 Å². The van der Waals surface area contributed by atoms with E-state index in [-0.39, 0.29) is 24.8 Å². The van der Waals surface area contributed by atoms with Gasteiger partial charge in [0.15, 0.2) is 0 Å². The molecule has 3 unspecified atom stereocenters. The lowest BCUT2D eigenvalue weighted by atomic mass is 9.97. The van der Waals surface area contributed by atoms with Crippen molar-refractivity contribution in [2.45, 2.75) is 150 Å². The van der Waals surface area contributed by atoms with Crippen LogP contribution in [0, 0.1) is 5.92 Å². The van der Waals surface area contributed by atoms with Crippen LogP contribution in [0.5, 0.6) is 0 Å². The van der Waals surface area contributed by atoms with Gasteiger partial charge >= 0.3 is 12.1 Å². The van der Waals surface area contributed by atoms with E-state index < -0.39 is 47.3 Å². The van der Waals surface area contributed by atoms with Gasteiger partial charge in [0, 0.05) is 13.0 Å². The van der Waals surface area contributed by atoms with Gasteiger partial charge in [0.25, 0.3) is 0 Å². The summed E-state index contributed by atoms with van der Waals surface area (Å²) in [5.41, 5.74) is 1.03. The third-order valence-corrected chi connectivity index (χ3v) is 8.04. The van der Waals surface area contributed by atoms with E-state index in [1.54, 1.807) is 46.4 Å². The number of ether oxygens (including phenoxy) is 2. The Morgan fingerprint density at radius 1 is 0.720 bits per heavy atom. The number of rotatable bonds is 18. The Hall–Kier alpha value is -3.88. The van der Waals surface area contributed by atoms with Gasteiger partial charge in [0.1, 0.15) is 29.3 Å². The molecule has 2 aromatic rings. The van der Waals surface area contributed by atoms with Crippen LogP contribution in [0.1, 0.15) is 130 Å². The third-order valence-electron chi connectivity index (χ3n) is 8.04. The molecule has 0 saturated heterocycles. The van der Waals surface area contributed by atoms with Crippen LogP contribution in [0.3, 0.4) is 0 Å². The Balaban J connectivity index is 2.65. The van der Waals surface area contributed by atoms with Gasteiger partial charge in [-0.25, -0.2) is 9.59 Å². The van der Waals surface area contributed by atoms with Crippen LogP contribution in [-0.2, 0) is 36.7 Å². The lowest BCUT2D eigenvalue weighted by molar-refractivity contribution is -0.159. The van der Waals surface area contributed by atoms with E-state index in [0.717, 1.165) is 43.2 Å². The molecule has 0 aliphatic heterocycles. The highest BCUT2D eigenvalue weighted by Gasteiger charge is 2.38. The maximum Gasteiger partial charge on any atom is 0.408 e. The summed E-state index contributed by atoms with van der Waals surface area (Å²) in [6.45, 7) is 19.1. The second-order valence-electron chi connectivity index (χ2n) is 15.6. The number of carbonyl (C=O) groups is 4. The number of nitrogens with one attached hydrogen (secondary N) is 2. The standard InChI is InChI=1S/C41H63N3O6/c1-11-13-14-15-19-26-44(37(46)33(27-29(3)4)43-39(48)50-41(8,9)10)35(32-24-22-30(12-2)23-25-32)36(45)42-34(38(47)49-40(5,6)7)28-31-20-17-16-18-21-31/h16-18,20-25,29,33-35H,11-15,19,26-28H2,1-10H3,(H,42,45)(H,43,48). The molecule has 0 spiro atoms. The fourth-order valence-corrected chi connectivity index (χ4v) is 5.67. The van der Waals surface area contributed by atoms with Crippen molar-refractivity contribution in [2.75, 3.05) is 6.54 Å². The van der Waals surface area contributed by atoms with Crippen LogP contribution in [0.2, 0.25) is 0 Å². The first-order chi connectivity index (χ1) is 23.4. The summed E-state index contributed by atoms with van der Waals surface area (Å²) in [5.74, 6) is -1.37. The molecule has 0 aliphatic carbocycles. The van der Waals surface area contributed by atoms with Crippen molar-refractivity contribution in [2.24, 2.45) is 5.92 Å². The maximum absolute atomic E-state index is 14.7. The molecule has 50 heavy (non-hydrogen) atoms. The van der Waals surface area contributed by atoms with E-state index in [1.165, 1.54) is 0 Å². The topological polar surface area (TPSA) is 114 Å². The van der Waals surface area contributed by atoms with Crippen molar-refractivity contribution in [1.82, 2.24) is 15.5 Å². The molecule has 3 amide bonds. The molecule has 0 saturated carbocycles. The number of benzene rings is 2. The van der Waals surface area contributed by atoms with Crippen molar-refractivity contribution in [3.63, 3.8) is 0 Å². The molecular formula is C41H63N3O6. The normalized spacial score (nSPS) is 13.6. The van der Waals surface area contributed by atoms with E-state index in [2.05, 4.69) is 24.5 Å². The quantitative estimate of drug-likeness (QED) is 0.121. The van der Waals surface area contributed by atoms with Crippen molar-refractivity contribution < 1.29 is 28.7 Å². The first-order valence-corrected chi connectivity index (χ1v) is 18.4. The summed E-state index contributed by atoms with van der Waals surface area (Å²) in [5, 5.41) is 5.81. The molecule has 0 aromatic heterocycles. The zero-order valence-electron chi connectivity index (χ0n) is 32.3. The molecule has 278 valence electrons. The van der Waals surface area contributed by atoms with Gasteiger partial charge in [-0.3, -0.25) is 9.59 Å². The van der Waals surface area contributed by atoms with Gasteiger partial charge in [-0.1, -0.05) is 108 Å². The van der Waals surface area contributed by atoms with E-state index in [4.69, 9.17) is 9.47 Å². The zero-order chi connectivity index (χ0) is 37.5. The summed E-state index contributed by atoms with van der Waals surface area (Å²) in [6, 6.07) is 14.1. The van der Waals surface area contributed by atoms with Crippen LogP contribution in [0.25, 0.3) is 0 Å². The molecule has 2 aromatic carbocycles. The van der Waals surface area contributed by atoms with Crippen molar-refractivity contribution in [3.8, 4) is 0 Å². The highest BCUT2D eigenvalue weighted by atomic mass is 16.6. The molecule has 0 aliphatic rings. The van der Waals surface area contributed by atoms with Crippen LogP contribution >= 0.6 is 0 Å². The van der Waals surface area contributed by atoms with Crippen LogP contribution < -0.4 is 10.6 Å². The minimum absolute atomic E-state index is 0.0591. The zero-order valence-corrected chi connectivity index (χ0v) is 32.3. The first-order valence-electron chi connectivity index (χ1n) is 18.4. The molecular weight excluding hydrogens is 630 g/mol. The van der Waals surface area contributed by atoms with Crippen molar-refractivity contribution in [1.29, 1.82) is 0 Å². The second kappa shape index (κ2) is 20.1. The molecule has 3 atom stereocenters. The van der Waals surface area contributed by atoms with Gasteiger partial charge < -0.3 is 25.0 Å². The van der Waals surface area contributed by atoms with Crippen LogP contribution in [0.4, 0.5) is 4.79 Å². The van der Waals surface area contributed by atoms with Crippen LogP contribution in [-0.4, -0.2) is 58.6 Å². The van der Waals surface area contributed by atoms with Crippen molar-refractivity contribution >= 4 is 23.9 Å². The molecule has 0 radical (unpaired) electrons. The molecule has 9 nitrogen and oxygen atoms in total. The lowest BCUT2D eigenvalue weighted by Gasteiger charge is -2.36. The number of hydrogen-bond donors (Lipinski definition) is 2. The Bertz CT molecular complexity index is 1350. The summed E-state index contributed by atoms with van der Waals surface area (Å²) in [7, 11) is 0. The number of esters is 1. The molecule has 2 N–H and O–H groups in total. The first kappa shape index (κ1) is 42.3. The second-order valence-corrected chi connectivity index (χ2v) is 15.6. The average Bonchev–Trinajstić information content (AvgIpc) is 3.02. The van der Waals surface area contributed by atoms with Crippen molar-refractivity contribution in [3.05, 3.63) is 71.3 Å². The molecule has 0 fully saturated rings. The fourth-order valence-electron chi connectivity index (χ4n) is 5.67. The highest BCUT2D eigenvalue weighted by Crippen LogP contribution is 2.26. The van der Waals surface area contributed by atoms with Gasteiger partial charge in [0.05, 0.1) is 0 Å². The van der Waals surface area contributed by atoms with E-state index >= 15 is 0 Å². The minimum Gasteiger partial charge on any atom is -0.458 e. The van der Waals surface area contributed by atoms with Gasteiger partial charge in [0.2, 0.25) is 11.8 Å². The number of nitrogens with zero attached hydrogens (tertiary/aromatic N) is 1. The van der Waals surface area contributed by atoms with Gasteiger partial charge in [-0.15, -0.1) is 0 Å². The summed E-state index contributed by atoms with van der Waals surface area (Å²) in [6.07, 6.45) is 5.37. The number of amides is 3. The predicted octanol–water partition coefficient (Wildman–Crippen LogP) is 8.10. The highest BCUT2D eigenvalue weighted by molar-refractivity contribution is 5.94. The summed E-state index contributed by atoms with van der Waals surface area (Å²) < 4.78 is 11.3. The smallest absolute Gasteiger partial charge is 0.408 e. The van der Waals surface area contributed by atoms with Crippen LogP contribution in [0.15, 0.2) is 54.6 Å². The van der Waals surface area contributed by atoms with Gasteiger partial charge in [-0.05, 0) is 83.4 Å². The maximum atomic E-state index is 14.7. The monoisotopic (exact) mass is 693 g/mol. The third kappa shape index (κ3) is 15.3. The minimum atomic E-state index is -1.07. The number of aryl methyl sites for hydroxylation is 1. The van der Waals surface area contributed by atoms with Gasteiger partial charge in [-0.2, -0.15) is 0 Å². The number of alkyl carbamates (subject to hydrolysis) is 1. The van der Waals surface area contributed by atoms with E-state index in [1.807, 2.05) is 68.4 Å². The molecule has 0 bridgehead atoms. The molecule has 9 heteroatoms. The fraction of sp³-hybridized carbons (Fsp3) is 0.610. The average molecular weight is 694 g/mol. The largest absolute Gasteiger partial charge is 0.458 e. The Morgan fingerprint density at radius 3 is 1.86 bits per heavy atom. The molecule has 0 heterocycles. The SMILES string of the molecule is CCCCCCCN(C(=O)C(CC(C)C)NC(=O)OC(C)(C)C)C(C(=O)NC(Cc1ccccc1)C(=O)OC(C)(C)C)c1ccc(CC)cc1. The Kier molecular flexibility index (Phi) is 17.0.